The van der Waals surface area contributed by atoms with Crippen LogP contribution in [-0.4, -0.2) is 31.7 Å². The monoisotopic (exact) mass is 332 g/mol. The van der Waals surface area contributed by atoms with Gasteiger partial charge in [0.05, 0.1) is 23.8 Å². The Hall–Kier alpha value is -2.38. The largest absolute Gasteiger partial charge is 0.349 e. The van der Waals surface area contributed by atoms with Gasteiger partial charge in [-0.15, -0.1) is 0 Å². The van der Waals surface area contributed by atoms with Crippen LogP contribution in [0.2, 0.25) is 5.02 Å². The molecule has 1 aromatic carbocycles. The van der Waals surface area contributed by atoms with Crippen molar-refractivity contribution in [3.63, 3.8) is 0 Å². The Kier molecular flexibility index (Phi) is 4.31. The van der Waals surface area contributed by atoms with Crippen LogP contribution < -0.4 is 11.1 Å². The van der Waals surface area contributed by atoms with Crippen molar-refractivity contribution in [3.8, 4) is 0 Å². The summed E-state index contributed by atoms with van der Waals surface area (Å²) in [6.45, 7) is 0.309. The van der Waals surface area contributed by atoms with Gasteiger partial charge in [-0.3, -0.25) is 9.89 Å². The molecule has 0 aliphatic rings. The lowest BCUT2D eigenvalue weighted by atomic mass is 10.2. The molecule has 0 radical (unpaired) electrons. The van der Waals surface area contributed by atoms with E-state index >= 15 is 0 Å². The summed E-state index contributed by atoms with van der Waals surface area (Å²) in [7, 11) is 1.87. The van der Waals surface area contributed by atoms with Crippen LogP contribution in [0.5, 0.6) is 0 Å². The van der Waals surface area contributed by atoms with Gasteiger partial charge in [0.2, 0.25) is 5.91 Å². The van der Waals surface area contributed by atoms with Crippen molar-refractivity contribution in [3.05, 3.63) is 47.1 Å². The SMILES string of the molecule is Cn1ccnc1CC(N)C(=O)NCc1[nH]nc2ccc(Cl)cc12. The maximum atomic E-state index is 12.1. The molecule has 4 N–H and O–H groups in total. The molecule has 0 aliphatic carbocycles. The molecule has 7 nitrogen and oxygen atoms in total. The summed E-state index contributed by atoms with van der Waals surface area (Å²) in [5.41, 5.74) is 7.53. The molecule has 1 amide bonds. The minimum absolute atomic E-state index is 0.238. The Morgan fingerprint density at radius 2 is 2.35 bits per heavy atom. The van der Waals surface area contributed by atoms with Gasteiger partial charge in [0.25, 0.3) is 0 Å². The normalized spacial score (nSPS) is 12.5. The minimum Gasteiger partial charge on any atom is -0.349 e. The van der Waals surface area contributed by atoms with Gasteiger partial charge in [-0.05, 0) is 18.2 Å². The number of fused-ring (bicyclic) bond motifs is 1. The number of carbonyl (C=O) groups is 1. The van der Waals surface area contributed by atoms with Crippen LogP contribution in [0.25, 0.3) is 10.9 Å². The number of hydrogen-bond acceptors (Lipinski definition) is 4. The molecule has 120 valence electrons. The van der Waals surface area contributed by atoms with Gasteiger partial charge in [-0.1, -0.05) is 11.6 Å². The summed E-state index contributed by atoms with van der Waals surface area (Å²) in [4.78, 5) is 16.3. The third-order valence-electron chi connectivity index (χ3n) is 3.69. The van der Waals surface area contributed by atoms with E-state index in [4.69, 9.17) is 17.3 Å². The van der Waals surface area contributed by atoms with Gasteiger partial charge in [0.1, 0.15) is 5.82 Å². The summed E-state index contributed by atoms with van der Waals surface area (Å²) in [5, 5.41) is 11.4. The molecule has 0 aliphatic heterocycles. The number of nitrogens with zero attached hydrogens (tertiary/aromatic N) is 3. The number of rotatable bonds is 5. The number of carbonyl (C=O) groups excluding carboxylic acids is 1. The number of nitrogens with one attached hydrogen (secondary N) is 2. The highest BCUT2D eigenvalue weighted by Gasteiger charge is 2.16. The highest BCUT2D eigenvalue weighted by atomic mass is 35.5. The second-order valence-electron chi connectivity index (χ2n) is 5.35. The van der Waals surface area contributed by atoms with Gasteiger partial charge in [-0.2, -0.15) is 5.10 Å². The van der Waals surface area contributed by atoms with E-state index in [9.17, 15) is 4.79 Å². The molecular formula is C15H17ClN6O. The minimum atomic E-state index is -0.658. The Labute approximate surface area is 137 Å². The number of aromatic nitrogens is 4. The molecule has 23 heavy (non-hydrogen) atoms. The molecule has 8 heteroatoms. The lowest BCUT2D eigenvalue weighted by Gasteiger charge is -2.11. The standard InChI is InChI=1S/C15H17ClN6O/c1-22-5-4-18-14(22)7-11(17)15(23)19-8-13-10-6-9(16)2-3-12(10)20-21-13/h2-6,11H,7-8,17H2,1H3,(H,19,23)(H,20,21). The van der Waals surface area contributed by atoms with Crippen molar-refractivity contribution in [2.24, 2.45) is 12.8 Å². The van der Waals surface area contributed by atoms with Crippen LogP contribution >= 0.6 is 11.6 Å². The number of halogens is 1. The first-order valence-electron chi connectivity index (χ1n) is 7.16. The van der Waals surface area contributed by atoms with Crippen molar-refractivity contribution in [1.29, 1.82) is 0 Å². The van der Waals surface area contributed by atoms with Crippen LogP contribution in [0.4, 0.5) is 0 Å². The number of benzene rings is 1. The van der Waals surface area contributed by atoms with Crippen LogP contribution in [0.3, 0.4) is 0 Å². The molecule has 0 bridgehead atoms. The number of aryl methyl sites for hydroxylation is 1. The first kappa shape index (κ1) is 15.5. The molecule has 1 unspecified atom stereocenters. The fraction of sp³-hybridized carbons (Fsp3) is 0.267. The zero-order chi connectivity index (χ0) is 16.4. The van der Waals surface area contributed by atoms with E-state index in [1.165, 1.54) is 0 Å². The number of imidazole rings is 1. The molecule has 0 fully saturated rings. The van der Waals surface area contributed by atoms with Crippen LogP contribution in [0.15, 0.2) is 30.6 Å². The van der Waals surface area contributed by atoms with Crippen LogP contribution in [-0.2, 0) is 24.8 Å². The molecule has 1 atom stereocenters. The summed E-state index contributed by atoms with van der Waals surface area (Å²) >= 11 is 6.00. The van der Waals surface area contributed by atoms with Gasteiger partial charge >= 0.3 is 0 Å². The van der Waals surface area contributed by atoms with Crippen molar-refractivity contribution < 1.29 is 4.79 Å². The van der Waals surface area contributed by atoms with Gasteiger partial charge < -0.3 is 15.6 Å². The molecule has 0 spiro atoms. The van der Waals surface area contributed by atoms with Crippen molar-refractivity contribution in [2.75, 3.05) is 0 Å². The zero-order valence-corrected chi connectivity index (χ0v) is 13.3. The predicted molar refractivity (Wildman–Crippen MR) is 87.8 cm³/mol. The predicted octanol–water partition coefficient (Wildman–Crippen LogP) is 1.14. The van der Waals surface area contributed by atoms with Crippen molar-refractivity contribution in [2.45, 2.75) is 19.0 Å². The molecule has 0 saturated carbocycles. The second kappa shape index (κ2) is 6.39. The molecule has 3 aromatic rings. The third kappa shape index (κ3) is 3.35. The van der Waals surface area contributed by atoms with E-state index in [1.807, 2.05) is 29.9 Å². The van der Waals surface area contributed by atoms with E-state index in [-0.39, 0.29) is 5.91 Å². The lowest BCUT2D eigenvalue weighted by Crippen LogP contribution is -2.42. The van der Waals surface area contributed by atoms with E-state index in [0.29, 0.717) is 18.0 Å². The average molecular weight is 333 g/mol. The van der Waals surface area contributed by atoms with Gasteiger partial charge in [0, 0.05) is 36.3 Å². The van der Waals surface area contributed by atoms with E-state index in [0.717, 1.165) is 22.4 Å². The van der Waals surface area contributed by atoms with E-state index in [1.54, 1.807) is 12.3 Å². The highest BCUT2D eigenvalue weighted by Crippen LogP contribution is 2.20. The number of aromatic amines is 1. The summed E-state index contributed by atoms with van der Waals surface area (Å²) in [6.07, 6.45) is 3.88. The first-order chi connectivity index (χ1) is 11.0. The Bertz CT molecular complexity index is 839. The zero-order valence-electron chi connectivity index (χ0n) is 12.6. The van der Waals surface area contributed by atoms with Gasteiger partial charge in [0.15, 0.2) is 0 Å². The van der Waals surface area contributed by atoms with E-state index < -0.39 is 6.04 Å². The van der Waals surface area contributed by atoms with Crippen LogP contribution in [0.1, 0.15) is 11.5 Å². The second-order valence-corrected chi connectivity index (χ2v) is 5.78. The fourth-order valence-electron chi connectivity index (χ4n) is 2.36. The molecule has 2 heterocycles. The maximum absolute atomic E-state index is 12.1. The highest BCUT2D eigenvalue weighted by molar-refractivity contribution is 6.31. The number of hydrogen-bond donors (Lipinski definition) is 3. The van der Waals surface area contributed by atoms with Gasteiger partial charge in [-0.25, -0.2) is 4.98 Å². The summed E-state index contributed by atoms with van der Waals surface area (Å²) < 4.78 is 1.84. The lowest BCUT2D eigenvalue weighted by molar-refractivity contribution is -0.122. The maximum Gasteiger partial charge on any atom is 0.237 e. The molecular weight excluding hydrogens is 316 g/mol. The smallest absolute Gasteiger partial charge is 0.237 e. The van der Waals surface area contributed by atoms with Crippen molar-refractivity contribution in [1.82, 2.24) is 25.1 Å². The topological polar surface area (TPSA) is 102 Å². The number of amides is 1. The van der Waals surface area contributed by atoms with Crippen molar-refractivity contribution >= 4 is 28.4 Å². The number of nitrogens with two attached hydrogens (primary N) is 1. The first-order valence-corrected chi connectivity index (χ1v) is 7.54. The quantitative estimate of drug-likeness (QED) is 0.652. The van der Waals surface area contributed by atoms with E-state index in [2.05, 4.69) is 20.5 Å². The van der Waals surface area contributed by atoms with Crippen LogP contribution in [0, 0.1) is 0 Å². The Morgan fingerprint density at radius 1 is 1.52 bits per heavy atom. The molecule has 2 aromatic heterocycles. The fourth-order valence-corrected chi connectivity index (χ4v) is 2.53. The molecule has 0 saturated heterocycles. The Balaban J connectivity index is 1.63. The average Bonchev–Trinajstić information content (AvgIpc) is 3.11. The summed E-state index contributed by atoms with van der Waals surface area (Å²) in [6, 6.07) is 4.76. The number of H-pyrrole nitrogens is 1. The summed E-state index contributed by atoms with van der Waals surface area (Å²) in [5.74, 6) is 0.532. The third-order valence-corrected chi connectivity index (χ3v) is 3.93. The molecule has 3 rings (SSSR count). The Morgan fingerprint density at radius 3 is 3.09 bits per heavy atom.